The summed E-state index contributed by atoms with van der Waals surface area (Å²) in [7, 11) is 0. The number of thioether (sulfide) groups is 1. The minimum Gasteiger partial charge on any atom is -0.352 e. The molecule has 1 rings (SSSR count). The molecule has 1 aromatic rings. The zero-order valence-corrected chi connectivity index (χ0v) is 12.0. The van der Waals surface area contributed by atoms with Crippen LogP contribution in [-0.2, 0) is 0 Å². The summed E-state index contributed by atoms with van der Waals surface area (Å²) in [5.74, 6) is 6.02. The molecule has 4 N–H and O–H groups in total. The van der Waals surface area contributed by atoms with E-state index in [1.807, 2.05) is 6.26 Å². The van der Waals surface area contributed by atoms with E-state index in [2.05, 4.69) is 10.7 Å². The Morgan fingerprint density at radius 1 is 1.45 bits per heavy atom. The number of hydrogen-bond acceptors (Lipinski definition) is 6. The van der Waals surface area contributed by atoms with Gasteiger partial charge in [-0.15, -0.1) is 0 Å². The van der Waals surface area contributed by atoms with E-state index in [9.17, 15) is 14.9 Å². The Hall–Kier alpha value is -1.80. The van der Waals surface area contributed by atoms with Crippen LogP contribution in [0.5, 0.6) is 0 Å². The van der Waals surface area contributed by atoms with Crippen LogP contribution in [-0.4, -0.2) is 29.4 Å². The number of nitrogens with zero attached hydrogens (tertiary/aromatic N) is 1. The van der Waals surface area contributed by atoms with Crippen LogP contribution in [0.3, 0.4) is 0 Å². The molecular formula is C12H18N4O3S. The van der Waals surface area contributed by atoms with Crippen molar-refractivity contribution < 1.29 is 9.72 Å². The Bertz CT molecular complexity index is 482. The van der Waals surface area contributed by atoms with Crippen molar-refractivity contribution >= 4 is 29.0 Å². The van der Waals surface area contributed by atoms with Gasteiger partial charge in [-0.3, -0.25) is 20.8 Å². The summed E-state index contributed by atoms with van der Waals surface area (Å²) in [6.07, 6.45) is 3.98. The fourth-order valence-corrected chi connectivity index (χ4v) is 2.12. The molecule has 0 unspecified atom stereocenters. The van der Waals surface area contributed by atoms with Crippen molar-refractivity contribution in [3.05, 3.63) is 33.9 Å². The Morgan fingerprint density at radius 2 is 2.20 bits per heavy atom. The van der Waals surface area contributed by atoms with Gasteiger partial charge in [-0.1, -0.05) is 0 Å². The van der Waals surface area contributed by atoms with Crippen LogP contribution in [0.25, 0.3) is 0 Å². The number of unbranched alkanes of at least 4 members (excludes halogenated alkanes) is 1. The maximum atomic E-state index is 11.9. The second-order valence-corrected chi connectivity index (χ2v) is 5.07. The van der Waals surface area contributed by atoms with Crippen molar-refractivity contribution in [2.24, 2.45) is 5.84 Å². The first-order valence-corrected chi connectivity index (χ1v) is 7.51. The van der Waals surface area contributed by atoms with Gasteiger partial charge in [0.05, 0.1) is 4.92 Å². The van der Waals surface area contributed by atoms with E-state index in [0.29, 0.717) is 12.1 Å². The van der Waals surface area contributed by atoms with Gasteiger partial charge >= 0.3 is 0 Å². The monoisotopic (exact) mass is 298 g/mol. The quantitative estimate of drug-likeness (QED) is 0.292. The number of hydrazine groups is 1. The van der Waals surface area contributed by atoms with Gasteiger partial charge in [0.25, 0.3) is 11.6 Å². The fraction of sp³-hybridized carbons (Fsp3) is 0.417. The molecule has 0 aliphatic rings. The van der Waals surface area contributed by atoms with Crippen LogP contribution in [0.2, 0.25) is 0 Å². The molecule has 1 aromatic carbocycles. The molecule has 0 heterocycles. The van der Waals surface area contributed by atoms with Crippen molar-refractivity contribution in [1.82, 2.24) is 5.32 Å². The van der Waals surface area contributed by atoms with Crippen LogP contribution in [0.1, 0.15) is 23.2 Å². The summed E-state index contributed by atoms with van der Waals surface area (Å²) in [6, 6.07) is 4.05. The normalized spacial score (nSPS) is 10.1. The molecule has 0 radical (unpaired) electrons. The number of carbonyl (C=O) groups is 1. The highest BCUT2D eigenvalue weighted by Gasteiger charge is 2.15. The first-order chi connectivity index (χ1) is 9.60. The van der Waals surface area contributed by atoms with Crippen LogP contribution >= 0.6 is 11.8 Å². The van der Waals surface area contributed by atoms with Gasteiger partial charge in [0.1, 0.15) is 5.69 Å². The number of hydrogen-bond donors (Lipinski definition) is 3. The Morgan fingerprint density at radius 3 is 2.80 bits per heavy atom. The highest BCUT2D eigenvalue weighted by molar-refractivity contribution is 7.98. The van der Waals surface area contributed by atoms with Gasteiger partial charge in [-0.05, 0) is 37.0 Å². The number of anilines is 1. The zero-order chi connectivity index (χ0) is 15.0. The molecule has 0 aromatic heterocycles. The molecule has 0 aliphatic heterocycles. The second kappa shape index (κ2) is 8.39. The average molecular weight is 298 g/mol. The highest BCUT2D eigenvalue weighted by atomic mass is 32.2. The molecule has 0 atom stereocenters. The van der Waals surface area contributed by atoms with Gasteiger partial charge in [0.2, 0.25) is 0 Å². The number of nitrogen functional groups attached to an aromatic ring is 1. The number of nitrogens with one attached hydrogen (secondary N) is 2. The van der Waals surface area contributed by atoms with Gasteiger partial charge in [-0.2, -0.15) is 11.8 Å². The zero-order valence-electron chi connectivity index (χ0n) is 11.2. The maximum Gasteiger partial charge on any atom is 0.293 e. The summed E-state index contributed by atoms with van der Waals surface area (Å²) in [5.41, 5.74) is 2.53. The molecule has 0 aliphatic carbocycles. The number of amides is 1. The number of rotatable bonds is 8. The molecule has 0 spiro atoms. The molecule has 0 bridgehead atoms. The lowest BCUT2D eigenvalue weighted by Crippen LogP contribution is -2.24. The Balaban J connectivity index is 2.62. The summed E-state index contributed by atoms with van der Waals surface area (Å²) < 4.78 is 0. The number of carbonyl (C=O) groups excluding carboxylic acids is 1. The number of nitrogens with two attached hydrogens (primary N) is 1. The van der Waals surface area contributed by atoms with E-state index in [1.54, 1.807) is 11.8 Å². The van der Waals surface area contributed by atoms with E-state index in [0.717, 1.165) is 18.6 Å². The molecule has 7 nitrogen and oxygen atoms in total. The van der Waals surface area contributed by atoms with Crippen molar-refractivity contribution in [1.29, 1.82) is 0 Å². The van der Waals surface area contributed by atoms with Crippen molar-refractivity contribution in [3.63, 3.8) is 0 Å². The summed E-state index contributed by atoms with van der Waals surface area (Å²) in [6.45, 7) is 0.585. The smallest absolute Gasteiger partial charge is 0.293 e. The van der Waals surface area contributed by atoms with E-state index < -0.39 is 4.92 Å². The van der Waals surface area contributed by atoms with Gasteiger partial charge < -0.3 is 10.7 Å². The van der Waals surface area contributed by atoms with Gasteiger partial charge in [0, 0.05) is 18.2 Å². The lowest BCUT2D eigenvalue weighted by molar-refractivity contribution is -0.384. The molecule has 20 heavy (non-hydrogen) atoms. The predicted octanol–water partition coefficient (Wildman–Crippen LogP) is 1.75. The van der Waals surface area contributed by atoms with E-state index in [4.69, 9.17) is 5.84 Å². The lowest BCUT2D eigenvalue weighted by Gasteiger charge is -2.07. The largest absolute Gasteiger partial charge is 0.352 e. The number of nitro benzene ring substituents is 1. The first-order valence-electron chi connectivity index (χ1n) is 6.12. The van der Waals surface area contributed by atoms with E-state index in [-0.39, 0.29) is 17.3 Å². The minimum absolute atomic E-state index is 0.116. The molecule has 1 amide bonds. The standard InChI is InChI=1S/C12H18N4O3S/c1-20-7-3-2-6-14-12(17)9-4-5-11(16(18)19)10(8-9)15-13/h4-5,8,15H,2-3,6-7,13H2,1H3,(H,14,17). The van der Waals surface area contributed by atoms with Gasteiger partial charge in [0.15, 0.2) is 0 Å². The SMILES string of the molecule is CSCCCCNC(=O)c1ccc([N+](=O)[O-])c(NN)c1. The van der Waals surface area contributed by atoms with Crippen LogP contribution in [0.4, 0.5) is 11.4 Å². The van der Waals surface area contributed by atoms with Crippen molar-refractivity contribution in [2.45, 2.75) is 12.8 Å². The Labute approximate surface area is 121 Å². The van der Waals surface area contributed by atoms with E-state index >= 15 is 0 Å². The minimum atomic E-state index is -0.556. The molecule has 0 saturated heterocycles. The van der Waals surface area contributed by atoms with Gasteiger partial charge in [-0.25, -0.2) is 0 Å². The van der Waals surface area contributed by atoms with Crippen molar-refractivity contribution in [2.75, 3.05) is 24.0 Å². The maximum absolute atomic E-state index is 11.9. The third-order valence-electron chi connectivity index (χ3n) is 2.67. The molecular weight excluding hydrogens is 280 g/mol. The molecule has 110 valence electrons. The topological polar surface area (TPSA) is 110 Å². The third-order valence-corrected chi connectivity index (χ3v) is 3.37. The number of benzene rings is 1. The average Bonchev–Trinajstić information content (AvgIpc) is 2.45. The van der Waals surface area contributed by atoms with E-state index in [1.165, 1.54) is 18.2 Å². The molecule has 0 saturated carbocycles. The lowest BCUT2D eigenvalue weighted by atomic mass is 10.1. The van der Waals surface area contributed by atoms with Crippen LogP contribution < -0.4 is 16.6 Å². The Kier molecular flexibility index (Phi) is 6.82. The summed E-state index contributed by atoms with van der Waals surface area (Å²) in [4.78, 5) is 22.1. The summed E-state index contributed by atoms with van der Waals surface area (Å²) in [5, 5.41) is 13.5. The predicted molar refractivity (Wildman–Crippen MR) is 80.9 cm³/mol. The third kappa shape index (κ3) is 4.71. The first kappa shape index (κ1) is 16.3. The fourth-order valence-electron chi connectivity index (χ4n) is 1.63. The second-order valence-electron chi connectivity index (χ2n) is 4.09. The number of nitro groups is 1. The molecule has 8 heteroatoms. The van der Waals surface area contributed by atoms with Crippen LogP contribution in [0, 0.1) is 10.1 Å². The highest BCUT2D eigenvalue weighted by Crippen LogP contribution is 2.24. The summed E-state index contributed by atoms with van der Waals surface area (Å²) >= 11 is 1.77. The van der Waals surface area contributed by atoms with Crippen LogP contribution in [0.15, 0.2) is 18.2 Å². The molecule has 0 fully saturated rings. The van der Waals surface area contributed by atoms with Crippen molar-refractivity contribution in [3.8, 4) is 0 Å².